The van der Waals surface area contributed by atoms with E-state index < -0.39 is 5.60 Å². The van der Waals surface area contributed by atoms with E-state index in [0.29, 0.717) is 12.6 Å². The Balaban J connectivity index is 1.70. The molecule has 0 aromatic rings. The Morgan fingerprint density at radius 1 is 1.12 bits per heavy atom. The minimum absolute atomic E-state index is 0.0972. The smallest absolute Gasteiger partial charge is 0.0795 e. The van der Waals surface area contributed by atoms with Crippen molar-refractivity contribution in [2.75, 3.05) is 19.6 Å². The first-order valence-corrected chi connectivity index (χ1v) is 6.52. The molecule has 4 nitrogen and oxygen atoms in total. The number of rotatable bonds is 3. The molecule has 0 spiro atoms. The standard InChI is InChI=1S/C12H24N2O2/c15-11-3-1-10(2-4-11)14-9-12(16)5-7-13-8-6-12/h10-11,13-16H,1-9H2. The summed E-state index contributed by atoms with van der Waals surface area (Å²) in [5, 5.41) is 26.4. The van der Waals surface area contributed by atoms with Crippen LogP contribution in [0.5, 0.6) is 0 Å². The maximum absolute atomic E-state index is 10.3. The summed E-state index contributed by atoms with van der Waals surface area (Å²) in [7, 11) is 0. The highest BCUT2D eigenvalue weighted by molar-refractivity contribution is 4.88. The first kappa shape index (κ1) is 12.3. The van der Waals surface area contributed by atoms with Crippen LogP contribution < -0.4 is 10.6 Å². The molecule has 0 unspecified atom stereocenters. The van der Waals surface area contributed by atoms with E-state index in [1.54, 1.807) is 0 Å². The van der Waals surface area contributed by atoms with Gasteiger partial charge >= 0.3 is 0 Å². The molecule has 1 saturated carbocycles. The summed E-state index contributed by atoms with van der Waals surface area (Å²) in [6.07, 6.45) is 5.46. The summed E-state index contributed by atoms with van der Waals surface area (Å²) in [5.41, 5.74) is -0.513. The SMILES string of the molecule is OC1CCC(NCC2(O)CCNCC2)CC1. The monoisotopic (exact) mass is 228 g/mol. The van der Waals surface area contributed by atoms with E-state index >= 15 is 0 Å². The first-order chi connectivity index (χ1) is 7.68. The Labute approximate surface area is 97.4 Å². The molecule has 0 aromatic heterocycles. The van der Waals surface area contributed by atoms with Crippen LogP contribution in [0.3, 0.4) is 0 Å². The summed E-state index contributed by atoms with van der Waals surface area (Å²) in [6, 6.07) is 0.488. The summed E-state index contributed by atoms with van der Waals surface area (Å²) in [4.78, 5) is 0. The number of hydrogen-bond donors (Lipinski definition) is 4. The number of piperidine rings is 1. The Bertz CT molecular complexity index is 209. The minimum atomic E-state index is -0.513. The molecule has 4 heteroatoms. The van der Waals surface area contributed by atoms with Crippen LogP contribution in [-0.2, 0) is 0 Å². The van der Waals surface area contributed by atoms with Crippen molar-refractivity contribution < 1.29 is 10.2 Å². The number of aliphatic hydroxyl groups is 2. The normalized spacial score (nSPS) is 34.9. The summed E-state index contributed by atoms with van der Waals surface area (Å²) in [5.74, 6) is 0. The number of hydrogen-bond acceptors (Lipinski definition) is 4. The van der Waals surface area contributed by atoms with Crippen molar-refractivity contribution in [3.63, 3.8) is 0 Å². The highest BCUT2D eigenvalue weighted by atomic mass is 16.3. The lowest BCUT2D eigenvalue weighted by Gasteiger charge is -2.35. The van der Waals surface area contributed by atoms with Crippen LogP contribution in [0.1, 0.15) is 38.5 Å². The summed E-state index contributed by atoms with van der Waals surface area (Å²) in [6.45, 7) is 2.54. The fourth-order valence-electron chi connectivity index (χ4n) is 2.68. The Morgan fingerprint density at radius 3 is 2.38 bits per heavy atom. The van der Waals surface area contributed by atoms with Gasteiger partial charge in [-0.15, -0.1) is 0 Å². The molecule has 1 aliphatic heterocycles. The molecule has 1 aliphatic carbocycles. The maximum atomic E-state index is 10.3. The van der Waals surface area contributed by atoms with Crippen LogP contribution in [0.15, 0.2) is 0 Å². The Morgan fingerprint density at radius 2 is 1.75 bits per heavy atom. The molecule has 0 amide bonds. The predicted molar refractivity (Wildman–Crippen MR) is 63.3 cm³/mol. The molecular formula is C12H24N2O2. The first-order valence-electron chi connectivity index (χ1n) is 6.52. The summed E-state index contributed by atoms with van der Waals surface area (Å²) >= 11 is 0. The lowest BCUT2D eigenvalue weighted by atomic mass is 9.89. The molecule has 4 N–H and O–H groups in total. The van der Waals surface area contributed by atoms with Gasteiger partial charge in [0.2, 0.25) is 0 Å². The van der Waals surface area contributed by atoms with Crippen molar-refractivity contribution in [1.82, 2.24) is 10.6 Å². The van der Waals surface area contributed by atoms with Gasteiger partial charge in [-0.05, 0) is 51.6 Å². The topological polar surface area (TPSA) is 64.5 Å². The van der Waals surface area contributed by atoms with Gasteiger partial charge in [0.15, 0.2) is 0 Å². The van der Waals surface area contributed by atoms with Crippen LogP contribution in [0.4, 0.5) is 0 Å². The van der Waals surface area contributed by atoms with Gasteiger partial charge in [0.1, 0.15) is 0 Å². The third-order valence-corrected chi connectivity index (χ3v) is 3.95. The molecule has 94 valence electrons. The van der Waals surface area contributed by atoms with Crippen LogP contribution in [-0.4, -0.2) is 47.6 Å². The lowest BCUT2D eigenvalue weighted by molar-refractivity contribution is 0.00614. The van der Waals surface area contributed by atoms with Crippen molar-refractivity contribution in [2.24, 2.45) is 0 Å². The van der Waals surface area contributed by atoms with Gasteiger partial charge in [-0.1, -0.05) is 0 Å². The van der Waals surface area contributed by atoms with Gasteiger partial charge in [0, 0.05) is 12.6 Å². The highest BCUT2D eigenvalue weighted by Crippen LogP contribution is 2.21. The average molecular weight is 228 g/mol. The Kier molecular flexibility index (Phi) is 4.19. The van der Waals surface area contributed by atoms with Crippen molar-refractivity contribution in [1.29, 1.82) is 0 Å². The number of nitrogens with one attached hydrogen (secondary N) is 2. The summed E-state index contributed by atoms with van der Waals surface area (Å²) < 4.78 is 0. The van der Waals surface area contributed by atoms with E-state index in [0.717, 1.165) is 51.6 Å². The van der Waals surface area contributed by atoms with Gasteiger partial charge in [-0.2, -0.15) is 0 Å². The molecule has 0 bridgehead atoms. The van der Waals surface area contributed by atoms with Crippen LogP contribution >= 0.6 is 0 Å². The zero-order valence-electron chi connectivity index (χ0n) is 9.91. The molecule has 2 aliphatic rings. The molecular weight excluding hydrogens is 204 g/mol. The van der Waals surface area contributed by atoms with Crippen molar-refractivity contribution in [3.05, 3.63) is 0 Å². The second kappa shape index (κ2) is 5.45. The molecule has 16 heavy (non-hydrogen) atoms. The van der Waals surface area contributed by atoms with E-state index in [1.807, 2.05) is 0 Å². The molecule has 2 rings (SSSR count). The van der Waals surface area contributed by atoms with Crippen molar-refractivity contribution in [3.8, 4) is 0 Å². The van der Waals surface area contributed by atoms with Gasteiger partial charge in [-0.3, -0.25) is 0 Å². The van der Waals surface area contributed by atoms with Crippen molar-refractivity contribution >= 4 is 0 Å². The fourth-order valence-corrected chi connectivity index (χ4v) is 2.68. The van der Waals surface area contributed by atoms with E-state index in [-0.39, 0.29) is 6.10 Å². The second-order valence-corrected chi connectivity index (χ2v) is 5.36. The van der Waals surface area contributed by atoms with Crippen molar-refractivity contribution in [2.45, 2.75) is 56.3 Å². The largest absolute Gasteiger partial charge is 0.393 e. The van der Waals surface area contributed by atoms with E-state index in [9.17, 15) is 10.2 Å². The zero-order chi connectivity index (χ0) is 11.4. The lowest BCUT2D eigenvalue weighted by Crippen LogP contribution is -2.51. The molecule has 0 atom stereocenters. The predicted octanol–water partition coefficient (Wildman–Crippen LogP) is -0.00600. The fraction of sp³-hybridized carbons (Fsp3) is 1.00. The van der Waals surface area contributed by atoms with E-state index in [2.05, 4.69) is 10.6 Å². The van der Waals surface area contributed by atoms with Gasteiger partial charge < -0.3 is 20.8 Å². The van der Waals surface area contributed by atoms with E-state index in [1.165, 1.54) is 0 Å². The molecule has 1 heterocycles. The molecule has 2 fully saturated rings. The average Bonchev–Trinajstić information content (AvgIpc) is 2.29. The minimum Gasteiger partial charge on any atom is -0.393 e. The molecule has 0 radical (unpaired) electrons. The van der Waals surface area contributed by atoms with Crippen LogP contribution in [0, 0.1) is 0 Å². The van der Waals surface area contributed by atoms with Crippen LogP contribution in [0.2, 0.25) is 0 Å². The van der Waals surface area contributed by atoms with Gasteiger partial charge in [0.25, 0.3) is 0 Å². The Hall–Kier alpha value is -0.160. The third kappa shape index (κ3) is 3.42. The van der Waals surface area contributed by atoms with E-state index in [4.69, 9.17) is 0 Å². The number of aliphatic hydroxyl groups excluding tert-OH is 1. The van der Waals surface area contributed by atoms with Gasteiger partial charge in [-0.25, -0.2) is 0 Å². The highest BCUT2D eigenvalue weighted by Gasteiger charge is 2.30. The maximum Gasteiger partial charge on any atom is 0.0795 e. The zero-order valence-corrected chi connectivity index (χ0v) is 9.91. The quantitative estimate of drug-likeness (QED) is 0.549. The molecule has 1 saturated heterocycles. The van der Waals surface area contributed by atoms with Crippen LogP contribution in [0.25, 0.3) is 0 Å². The third-order valence-electron chi connectivity index (χ3n) is 3.95. The van der Waals surface area contributed by atoms with Gasteiger partial charge in [0.05, 0.1) is 11.7 Å². The molecule has 0 aromatic carbocycles. The second-order valence-electron chi connectivity index (χ2n) is 5.36.